The van der Waals surface area contributed by atoms with Gasteiger partial charge in [-0.15, -0.1) is 0 Å². The van der Waals surface area contributed by atoms with Gasteiger partial charge < -0.3 is 4.42 Å². The summed E-state index contributed by atoms with van der Waals surface area (Å²) in [6, 6.07) is 3.97. The van der Waals surface area contributed by atoms with E-state index in [4.69, 9.17) is 27.6 Å². The Kier molecular flexibility index (Phi) is 5.09. The van der Waals surface area contributed by atoms with Gasteiger partial charge in [0, 0.05) is 22.6 Å². The second-order valence-corrected chi connectivity index (χ2v) is 7.34. The molecule has 1 aromatic carbocycles. The highest BCUT2D eigenvalue weighted by molar-refractivity contribution is 7.99. The van der Waals surface area contributed by atoms with Gasteiger partial charge in [-0.1, -0.05) is 41.9 Å². The molecule has 0 saturated heterocycles. The molecule has 24 heavy (non-hydrogen) atoms. The molecule has 0 saturated carbocycles. The quantitative estimate of drug-likeness (QED) is 0.655. The van der Waals surface area contributed by atoms with Gasteiger partial charge in [-0.3, -0.25) is 14.9 Å². The third-order valence-corrected chi connectivity index (χ3v) is 4.85. The van der Waals surface area contributed by atoms with Crippen molar-refractivity contribution < 1.29 is 9.21 Å². The molecule has 0 bridgehead atoms. The number of rotatable bonds is 4. The summed E-state index contributed by atoms with van der Waals surface area (Å²) >= 11 is 14.4. The molecule has 124 valence electrons. The number of fused-ring (bicyclic) bond motifs is 1. The van der Waals surface area contributed by atoms with Gasteiger partial charge >= 0.3 is 0 Å². The molecule has 1 amide bonds. The van der Waals surface area contributed by atoms with Crippen LogP contribution in [0, 0.1) is 0 Å². The summed E-state index contributed by atoms with van der Waals surface area (Å²) in [5.41, 5.74) is -0.302. The fourth-order valence-corrected chi connectivity index (χ4v) is 3.70. The molecule has 3 aromatic rings. The predicted molar refractivity (Wildman–Crippen MR) is 96.8 cm³/mol. The number of nitrogens with zero attached hydrogens (tertiary/aromatic N) is 2. The monoisotopic (exact) mass is 401 g/mol. The van der Waals surface area contributed by atoms with E-state index in [1.807, 2.05) is 6.92 Å². The largest absolute Gasteiger partial charge is 0.449 e. The van der Waals surface area contributed by atoms with E-state index >= 15 is 0 Å². The minimum Gasteiger partial charge on any atom is -0.449 e. The minimum atomic E-state index is -0.607. The van der Waals surface area contributed by atoms with Gasteiger partial charge in [-0.05, 0) is 17.9 Å². The summed E-state index contributed by atoms with van der Waals surface area (Å²) in [6.07, 6.45) is 0. The lowest BCUT2D eigenvalue weighted by Gasteiger charge is -2.04. The Balaban J connectivity index is 1.93. The van der Waals surface area contributed by atoms with Crippen LogP contribution in [-0.4, -0.2) is 21.0 Å². The average Bonchev–Trinajstić information content (AvgIpc) is 2.95. The highest BCUT2D eigenvalue weighted by Gasteiger charge is 2.16. The molecule has 10 heteroatoms. The van der Waals surface area contributed by atoms with Crippen LogP contribution in [-0.2, 0) is 0 Å². The highest BCUT2D eigenvalue weighted by atomic mass is 35.5. The molecule has 1 N–H and O–H groups in total. The van der Waals surface area contributed by atoms with Crippen molar-refractivity contribution in [1.29, 1.82) is 0 Å². The first-order chi connectivity index (χ1) is 11.5. The zero-order chi connectivity index (χ0) is 17.3. The van der Waals surface area contributed by atoms with Gasteiger partial charge in [0.05, 0.1) is 10.4 Å². The van der Waals surface area contributed by atoms with Crippen LogP contribution in [0.5, 0.6) is 0 Å². The van der Waals surface area contributed by atoms with Crippen molar-refractivity contribution in [3.63, 3.8) is 0 Å². The highest BCUT2D eigenvalue weighted by Crippen LogP contribution is 2.27. The molecule has 2 aromatic heterocycles. The maximum Gasteiger partial charge on any atom is 0.293 e. The second-order valence-electron chi connectivity index (χ2n) is 4.51. The molecule has 6 nitrogen and oxygen atoms in total. The fraction of sp³-hybridized carbons (Fsp3) is 0.143. The number of aromatic nitrogens is 2. The van der Waals surface area contributed by atoms with Crippen molar-refractivity contribution >= 4 is 68.5 Å². The first-order valence-electron chi connectivity index (χ1n) is 6.68. The summed E-state index contributed by atoms with van der Waals surface area (Å²) in [6.45, 7) is 1.98. The molecule has 0 spiro atoms. The normalized spacial score (nSPS) is 11.0. The Hall–Kier alpha value is -1.61. The van der Waals surface area contributed by atoms with Gasteiger partial charge in [-0.25, -0.2) is 0 Å². The average molecular weight is 402 g/mol. The van der Waals surface area contributed by atoms with Gasteiger partial charge in [0.25, 0.3) is 5.91 Å². The Morgan fingerprint density at radius 1 is 1.38 bits per heavy atom. The minimum absolute atomic E-state index is 0.109. The van der Waals surface area contributed by atoms with Gasteiger partial charge in [0.15, 0.2) is 16.8 Å². The SMILES string of the molecule is CCSc1nsc(NC(=O)c2cc(=O)c3cc(Cl)cc(Cl)c3o2)n1. The standard InChI is InChI=1S/C14H9Cl2N3O3S2/c1-2-23-14-18-13(24-19-14)17-12(21)10-5-9(20)7-3-6(15)4-8(16)11(7)22-10/h3-5H,2H2,1H3,(H,17,18,19,21). The zero-order valence-electron chi connectivity index (χ0n) is 12.1. The van der Waals surface area contributed by atoms with Gasteiger partial charge in [-0.2, -0.15) is 9.36 Å². The summed E-state index contributed by atoms with van der Waals surface area (Å²) in [5.74, 6) is 0.0471. The second kappa shape index (κ2) is 7.10. The molecule has 0 radical (unpaired) electrons. The lowest BCUT2D eigenvalue weighted by molar-refractivity contribution is 0.0997. The first kappa shape index (κ1) is 17.2. The summed E-state index contributed by atoms with van der Waals surface area (Å²) in [5, 5.41) is 4.13. The van der Waals surface area contributed by atoms with Crippen LogP contribution >= 0.6 is 46.5 Å². The maximum absolute atomic E-state index is 12.3. The number of anilines is 1. The summed E-state index contributed by atoms with van der Waals surface area (Å²) in [7, 11) is 0. The molecule has 0 fully saturated rings. The molecular formula is C14H9Cl2N3O3S2. The van der Waals surface area contributed by atoms with Crippen LogP contribution in [0.3, 0.4) is 0 Å². The lowest BCUT2D eigenvalue weighted by atomic mass is 10.2. The van der Waals surface area contributed by atoms with Crippen molar-refractivity contribution in [2.75, 3.05) is 11.1 Å². The predicted octanol–water partition coefficient (Wildman–Crippen LogP) is 4.32. The summed E-state index contributed by atoms with van der Waals surface area (Å²) < 4.78 is 9.56. The number of nitrogens with one attached hydrogen (secondary N) is 1. The number of halogens is 2. The van der Waals surface area contributed by atoms with Crippen molar-refractivity contribution in [2.24, 2.45) is 0 Å². The van der Waals surface area contributed by atoms with Crippen LogP contribution in [0.25, 0.3) is 11.0 Å². The molecule has 0 unspecified atom stereocenters. The van der Waals surface area contributed by atoms with Crippen molar-refractivity contribution in [2.45, 2.75) is 12.1 Å². The molecular weight excluding hydrogens is 393 g/mol. The number of hydrogen-bond acceptors (Lipinski definition) is 7. The lowest BCUT2D eigenvalue weighted by Crippen LogP contribution is -2.15. The van der Waals surface area contributed by atoms with Crippen LogP contribution < -0.4 is 10.7 Å². The Bertz CT molecular complexity index is 987. The molecule has 2 heterocycles. The number of hydrogen-bond donors (Lipinski definition) is 1. The molecule has 0 atom stereocenters. The van der Waals surface area contributed by atoms with Crippen LogP contribution in [0.15, 0.2) is 32.6 Å². The van der Waals surface area contributed by atoms with E-state index in [9.17, 15) is 9.59 Å². The van der Waals surface area contributed by atoms with Crippen molar-refractivity contribution in [1.82, 2.24) is 9.36 Å². The third kappa shape index (κ3) is 3.56. The summed E-state index contributed by atoms with van der Waals surface area (Å²) in [4.78, 5) is 28.6. The number of carbonyl (C=O) groups is 1. The Morgan fingerprint density at radius 3 is 2.92 bits per heavy atom. The number of carbonyl (C=O) groups excluding carboxylic acids is 1. The van der Waals surface area contributed by atoms with E-state index in [1.54, 1.807) is 0 Å². The van der Waals surface area contributed by atoms with Crippen molar-refractivity contribution in [3.8, 4) is 0 Å². The van der Waals surface area contributed by atoms with E-state index in [2.05, 4.69) is 14.7 Å². The van der Waals surface area contributed by atoms with E-state index in [-0.39, 0.29) is 21.8 Å². The fourth-order valence-electron chi connectivity index (χ4n) is 1.90. The molecule has 0 aliphatic carbocycles. The van der Waals surface area contributed by atoms with E-state index < -0.39 is 11.3 Å². The van der Waals surface area contributed by atoms with E-state index in [1.165, 1.54) is 23.9 Å². The van der Waals surface area contributed by atoms with Gasteiger partial charge in [0.2, 0.25) is 10.3 Å². The number of thioether (sulfide) groups is 1. The maximum atomic E-state index is 12.3. The van der Waals surface area contributed by atoms with E-state index in [0.717, 1.165) is 23.4 Å². The van der Waals surface area contributed by atoms with Crippen LogP contribution in [0.4, 0.5) is 5.13 Å². The molecule has 0 aliphatic rings. The smallest absolute Gasteiger partial charge is 0.293 e. The Morgan fingerprint density at radius 2 is 2.17 bits per heavy atom. The number of benzene rings is 1. The first-order valence-corrected chi connectivity index (χ1v) is 9.20. The number of amides is 1. The third-order valence-electron chi connectivity index (χ3n) is 2.87. The van der Waals surface area contributed by atoms with E-state index in [0.29, 0.717) is 15.3 Å². The topological polar surface area (TPSA) is 85.1 Å². The molecule has 0 aliphatic heterocycles. The molecule has 3 rings (SSSR count). The van der Waals surface area contributed by atoms with Crippen LogP contribution in [0.2, 0.25) is 10.0 Å². The van der Waals surface area contributed by atoms with Crippen molar-refractivity contribution in [3.05, 3.63) is 44.2 Å². The Labute approximate surface area is 154 Å². The van der Waals surface area contributed by atoms with Crippen LogP contribution in [0.1, 0.15) is 17.5 Å². The zero-order valence-corrected chi connectivity index (χ0v) is 15.3. The van der Waals surface area contributed by atoms with Gasteiger partial charge in [0.1, 0.15) is 0 Å².